The number of rotatable bonds is 11. The summed E-state index contributed by atoms with van der Waals surface area (Å²) in [4.78, 5) is 14.9. The lowest BCUT2D eigenvalue weighted by atomic mass is 9.49. The van der Waals surface area contributed by atoms with Crippen LogP contribution >= 0.6 is 0 Å². The maximum absolute atomic E-state index is 13.6. The van der Waals surface area contributed by atoms with Crippen molar-refractivity contribution >= 4 is 38.3 Å². The Morgan fingerprint density at radius 1 is 0.907 bits per heavy atom. The predicted octanol–water partition coefficient (Wildman–Crippen LogP) is 9.97. The van der Waals surface area contributed by atoms with Gasteiger partial charge in [0.1, 0.15) is 0 Å². The summed E-state index contributed by atoms with van der Waals surface area (Å²) in [5, 5.41) is 6.86. The molecule has 3 aliphatic carbocycles. The zero-order valence-corrected chi connectivity index (χ0v) is 37.9. The predicted molar refractivity (Wildman–Crippen MR) is 216 cm³/mol. The highest BCUT2D eigenvalue weighted by Crippen LogP contribution is 2.62. The normalized spacial score (nSPS) is 31.0. The minimum Gasteiger partial charge on any atom is -0.417 e. The van der Waals surface area contributed by atoms with Gasteiger partial charge in [0.2, 0.25) is 0 Å². The van der Waals surface area contributed by atoms with Gasteiger partial charge in [-0.1, -0.05) is 73.1 Å². The number of fused-ring (bicyclic) bond motifs is 1. The number of carbonyl (C=O) groups excluding carboxylic acids is 1. The molecule has 2 N–H and O–H groups in total. The Balaban J connectivity index is 1.70. The fourth-order valence-electron chi connectivity index (χ4n) is 8.91. The van der Waals surface area contributed by atoms with Crippen molar-refractivity contribution in [3.05, 3.63) is 29.8 Å². The second-order valence-electron chi connectivity index (χ2n) is 20.1. The van der Waals surface area contributed by atoms with E-state index in [9.17, 15) is 26.4 Å². The molecule has 0 bridgehead atoms. The lowest BCUT2D eigenvalue weighted by Crippen LogP contribution is -2.56. The van der Waals surface area contributed by atoms with E-state index < -0.39 is 44.2 Å². The first kappa shape index (κ1) is 45.0. The van der Waals surface area contributed by atoms with Gasteiger partial charge < -0.3 is 14.2 Å². The minimum absolute atomic E-state index is 0.00505. The number of carbonyl (C=O) groups is 1. The minimum atomic E-state index is -4.99. The molecule has 0 radical (unpaired) electrons. The Labute approximate surface area is 325 Å². The van der Waals surface area contributed by atoms with Gasteiger partial charge in [-0.05, 0) is 129 Å². The van der Waals surface area contributed by atoms with E-state index in [1.54, 1.807) is 24.3 Å². The Morgan fingerprint density at radius 2 is 1.50 bits per heavy atom. The van der Waals surface area contributed by atoms with Gasteiger partial charge in [-0.2, -0.15) is 26.7 Å². The molecule has 0 saturated heterocycles. The molecular formula is C40H68F3N3O5SSi2. The summed E-state index contributed by atoms with van der Waals surface area (Å²) < 4.78 is 81.3. The molecule has 0 aliphatic heterocycles. The SMILES string of the molecule is Cc1ccc(S(=O)(=O)NN=C2CC[C@H]3[C@H](CNC(=O)C(F)(F)F)[C@@H]([C@@]4(C)CC[C@H](O[Si](C)(C)C(C)(C)C)C[C@@H]4CO[Si](C)(C)C(C)(C)C)CC[C@]23C)cc1. The van der Waals surface area contributed by atoms with Crippen LogP contribution in [0.15, 0.2) is 34.3 Å². The number of hydrogen-bond acceptors (Lipinski definition) is 6. The Bertz CT molecular complexity index is 1640. The number of aryl methyl sites for hydroxylation is 1. The topological polar surface area (TPSA) is 106 Å². The summed E-state index contributed by atoms with van der Waals surface area (Å²) in [5.41, 5.74) is 0.804. The first-order valence-electron chi connectivity index (χ1n) is 19.8. The van der Waals surface area contributed by atoms with E-state index in [0.29, 0.717) is 38.0 Å². The number of nitrogens with one attached hydrogen (secondary N) is 2. The quantitative estimate of drug-likeness (QED) is 0.171. The second-order valence-corrected chi connectivity index (χ2v) is 31.3. The number of benzene rings is 1. The van der Waals surface area contributed by atoms with Crippen molar-refractivity contribution in [3.8, 4) is 0 Å². The monoisotopic (exact) mass is 815 g/mol. The van der Waals surface area contributed by atoms with Crippen LogP contribution in [0, 0.1) is 41.4 Å². The molecule has 3 fully saturated rings. The molecule has 0 spiro atoms. The lowest BCUT2D eigenvalue weighted by molar-refractivity contribution is -0.174. The number of sulfonamides is 1. The van der Waals surface area contributed by atoms with Crippen LogP contribution in [0.4, 0.5) is 13.2 Å². The summed E-state index contributed by atoms with van der Waals surface area (Å²) in [6.07, 6.45) is 0.165. The fourth-order valence-corrected chi connectivity index (χ4v) is 12.2. The molecule has 7 atom stereocenters. The van der Waals surface area contributed by atoms with E-state index in [-0.39, 0.29) is 56.7 Å². The highest BCUT2D eigenvalue weighted by molar-refractivity contribution is 7.89. The van der Waals surface area contributed by atoms with E-state index in [1.165, 1.54) is 0 Å². The molecule has 1 aromatic carbocycles. The summed E-state index contributed by atoms with van der Waals surface area (Å²) in [6.45, 7) is 29.2. The van der Waals surface area contributed by atoms with Crippen molar-refractivity contribution in [2.75, 3.05) is 13.2 Å². The van der Waals surface area contributed by atoms with E-state index in [2.05, 4.69) is 96.8 Å². The third kappa shape index (κ3) is 9.50. The number of alkyl halides is 3. The summed E-state index contributed by atoms with van der Waals surface area (Å²) in [7, 11) is -8.15. The van der Waals surface area contributed by atoms with Crippen LogP contribution in [0.1, 0.15) is 106 Å². The van der Waals surface area contributed by atoms with Crippen LogP contribution in [0.5, 0.6) is 0 Å². The zero-order valence-electron chi connectivity index (χ0n) is 35.1. The smallest absolute Gasteiger partial charge is 0.417 e. The average molecular weight is 816 g/mol. The molecule has 1 amide bonds. The average Bonchev–Trinajstić information content (AvgIpc) is 3.37. The van der Waals surface area contributed by atoms with Crippen LogP contribution in [0.25, 0.3) is 0 Å². The van der Waals surface area contributed by atoms with Crippen LogP contribution in [-0.4, -0.2) is 62.1 Å². The largest absolute Gasteiger partial charge is 0.471 e. The van der Waals surface area contributed by atoms with E-state index >= 15 is 0 Å². The molecule has 4 rings (SSSR count). The van der Waals surface area contributed by atoms with Gasteiger partial charge in [0.15, 0.2) is 16.6 Å². The number of halogens is 3. The molecule has 308 valence electrons. The van der Waals surface area contributed by atoms with Crippen LogP contribution in [0.3, 0.4) is 0 Å². The first-order valence-corrected chi connectivity index (χ1v) is 27.1. The number of nitrogens with zero attached hydrogens (tertiary/aromatic N) is 1. The highest BCUT2D eigenvalue weighted by Gasteiger charge is 2.59. The number of hydrazone groups is 1. The maximum Gasteiger partial charge on any atom is 0.471 e. The Kier molecular flexibility index (Phi) is 12.9. The van der Waals surface area contributed by atoms with Gasteiger partial charge in [0.05, 0.1) is 4.90 Å². The standard InChI is InChI=1S/C40H68F3N3O5SSi2/c1-27-14-16-30(17-15-27)52(48,49)46-45-34-19-18-32-31(25-44-35(47)40(41,42)43)33(21-23-39(32,34)9)38(8)22-20-29(51-54(12,13)37(5,6)7)24-28(38)26-50-53(10,11)36(2,3)4/h14-17,28-29,31-33,46H,18-26H2,1-13H3,(H,44,47)/t28-,29+,31+,32+,33+,38+,39+/m1/s1. The van der Waals surface area contributed by atoms with Gasteiger partial charge >= 0.3 is 12.1 Å². The molecule has 54 heavy (non-hydrogen) atoms. The molecule has 8 nitrogen and oxygen atoms in total. The Morgan fingerprint density at radius 3 is 2.06 bits per heavy atom. The van der Waals surface area contributed by atoms with Gasteiger partial charge in [-0.3, -0.25) is 4.79 Å². The molecule has 3 aliphatic rings. The van der Waals surface area contributed by atoms with E-state index in [4.69, 9.17) is 8.85 Å². The van der Waals surface area contributed by atoms with Crippen LogP contribution in [0.2, 0.25) is 36.3 Å². The molecule has 0 unspecified atom stereocenters. The van der Waals surface area contributed by atoms with Crippen LogP contribution in [-0.2, 0) is 23.7 Å². The van der Waals surface area contributed by atoms with Crippen molar-refractivity contribution in [1.29, 1.82) is 0 Å². The van der Waals surface area contributed by atoms with Gasteiger partial charge in [0, 0.05) is 30.4 Å². The molecule has 0 heterocycles. The van der Waals surface area contributed by atoms with Crippen molar-refractivity contribution in [2.45, 2.75) is 161 Å². The molecule has 3 saturated carbocycles. The molecule has 0 aromatic heterocycles. The number of hydrogen-bond donors (Lipinski definition) is 2. The van der Waals surface area contributed by atoms with Crippen molar-refractivity contribution in [2.24, 2.45) is 39.6 Å². The fraction of sp³-hybridized carbons (Fsp3) is 0.800. The van der Waals surface area contributed by atoms with Gasteiger partial charge in [-0.25, -0.2) is 4.83 Å². The zero-order chi connectivity index (χ0) is 40.9. The van der Waals surface area contributed by atoms with Crippen LogP contribution < -0.4 is 10.1 Å². The van der Waals surface area contributed by atoms with Gasteiger partial charge in [0.25, 0.3) is 10.0 Å². The van der Waals surface area contributed by atoms with Gasteiger partial charge in [-0.15, -0.1) is 0 Å². The maximum atomic E-state index is 13.6. The Hall–Kier alpha value is -1.75. The summed E-state index contributed by atoms with van der Waals surface area (Å²) in [5.74, 6) is -2.22. The third-order valence-electron chi connectivity index (χ3n) is 14.6. The van der Waals surface area contributed by atoms with Crippen molar-refractivity contribution in [3.63, 3.8) is 0 Å². The highest BCUT2D eigenvalue weighted by atomic mass is 32.2. The van der Waals surface area contributed by atoms with Crippen molar-refractivity contribution < 1.29 is 35.2 Å². The lowest BCUT2D eigenvalue weighted by Gasteiger charge is -2.57. The number of amides is 1. The third-order valence-corrected chi connectivity index (χ3v) is 24.9. The van der Waals surface area contributed by atoms with Crippen molar-refractivity contribution in [1.82, 2.24) is 10.1 Å². The van der Waals surface area contributed by atoms with E-state index in [0.717, 1.165) is 24.8 Å². The molecule has 14 heteroatoms. The summed E-state index contributed by atoms with van der Waals surface area (Å²) >= 11 is 0. The second kappa shape index (κ2) is 15.5. The van der Waals surface area contributed by atoms with E-state index in [1.807, 2.05) is 6.92 Å². The molecule has 1 aromatic rings. The first-order chi connectivity index (χ1) is 24.4. The summed E-state index contributed by atoms with van der Waals surface area (Å²) in [6, 6.07) is 6.54. The molecular weight excluding hydrogens is 748 g/mol.